The Labute approximate surface area is 309 Å². The molecule has 4 fully saturated rings. The van der Waals surface area contributed by atoms with Crippen molar-refractivity contribution in [3.8, 4) is 5.75 Å². The van der Waals surface area contributed by atoms with Gasteiger partial charge in [0.15, 0.2) is 33.0 Å². The number of rotatable bonds is 5. The van der Waals surface area contributed by atoms with Gasteiger partial charge in [0, 0.05) is 31.6 Å². The molecule has 6 atom stereocenters. The van der Waals surface area contributed by atoms with E-state index in [4.69, 9.17) is 23.2 Å². The molecule has 6 unspecified atom stereocenters. The van der Waals surface area contributed by atoms with Crippen molar-refractivity contribution < 1.29 is 46.2 Å². The zero-order chi connectivity index (χ0) is 37.7. The number of phenols is 1. The highest BCUT2D eigenvalue weighted by Crippen LogP contribution is 2.66. The summed E-state index contributed by atoms with van der Waals surface area (Å²) in [7, 11) is 0. The fourth-order valence-electron chi connectivity index (χ4n) is 9.17. The van der Waals surface area contributed by atoms with Gasteiger partial charge in [-0.15, -0.1) is 23.2 Å². The maximum atomic E-state index is 15.2. The first-order valence-electron chi connectivity index (χ1n) is 17.1. The number of carbonyl (C=O) groups excluding carboxylic acids is 4. The fourth-order valence-corrected chi connectivity index (χ4v) is 10.1. The molecule has 1 N–H and O–H groups in total. The number of phenolic OH excluding ortho intramolecular Hbond substituents is 1. The maximum Gasteiger partial charge on any atom is 0.258 e. The van der Waals surface area contributed by atoms with Gasteiger partial charge in [0.05, 0.1) is 11.8 Å². The molecule has 3 aromatic rings. The molecule has 3 aromatic carbocycles. The van der Waals surface area contributed by atoms with E-state index in [9.17, 15) is 37.5 Å². The van der Waals surface area contributed by atoms with Crippen molar-refractivity contribution in [1.29, 1.82) is 0 Å². The van der Waals surface area contributed by atoms with Crippen molar-refractivity contribution in [3.05, 3.63) is 106 Å². The molecule has 8 nitrogen and oxygen atoms in total. The molecule has 0 spiro atoms. The van der Waals surface area contributed by atoms with Crippen molar-refractivity contribution in [2.24, 2.45) is 17.8 Å². The Kier molecular flexibility index (Phi) is 8.50. The van der Waals surface area contributed by atoms with Crippen LogP contribution >= 0.6 is 23.2 Å². The third-order valence-electron chi connectivity index (χ3n) is 11.7. The minimum Gasteiger partial charge on any atom is -0.508 e. The molecule has 53 heavy (non-hydrogen) atoms. The molecular formula is C38H30Cl2F5N3O5. The summed E-state index contributed by atoms with van der Waals surface area (Å²) in [5.74, 6) is -20.6. The van der Waals surface area contributed by atoms with Crippen LogP contribution in [0.15, 0.2) is 66.2 Å². The van der Waals surface area contributed by atoms with Gasteiger partial charge in [-0.3, -0.25) is 29.0 Å². The molecule has 5 aliphatic rings. The predicted molar refractivity (Wildman–Crippen MR) is 181 cm³/mol. The van der Waals surface area contributed by atoms with Gasteiger partial charge in [-0.05, 0) is 54.9 Å². The summed E-state index contributed by atoms with van der Waals surface area (Å²) in [6.45, 7) is 1.97. The lowest BCUT2D eigenvalue weighted by atomic mass is 9.56. The summed E-state index contributed by atoms with van der Waals surface area (Å²) < 4.78 is 73.4. The number of hydrogen-bond donors (Lipinski definition) is 1. The summed E-state index contributed by atoms with van der Waals surface area (Å²) in [4.78, 5) is 55.3. The first kappa shape index (κ1) is 35.7. The average molecular weight is 775 g/mol. The average Bonchev–Trinajstić information content (AvgIpc) is 3.49. The number of amides is 4. The Morgan fingerprint density at radius 2 is 1.36 bits per heavy atom. The molecule has 15 heteroatoms. The van der Waals surface area contributed by atoms with Crippen LogP contribution in [0.4, 0.5) is 27.6 Å². The van der Waals surface area contributed by atoms with Crippen LogP contribution in [0.5, 0.6) is 5.75 Å². The summed E-state index contributed by atoms with van der Waals surface area (Å²) in [5, 5.41) is 10.1. The molecule has 0 bridgehead atoms. The van der Waals surface area contributed by atoms with Crippen molar-refractivity contribution in [2.75, 3.05) is 18.0 Å². The molecule has 0 radical (unpaired) electrons. The SMILES string of the molecule is O=C1C2CC=C3C(CC4(Cl)C(=O)N(c5c(F)c(F)c(F)c(F)c5F)C(=O)C4(Cl)C3c3ccc(O)cc3)C2C(=O)N1C1CCN(Cc2ccccc2)CC1. The van der Waals surface area contributed by atoms with Crippen molar-refractivity contribution in [3.63, 3.8) is 0 Å². The van der Waals surface area contributed by atoms with Crippen LogP contribution in [0.25, 0.3) is 0 Å². The van der Waals surface area contributed by atoms with Crippen LogP contribution < -0.4 is 4.90 Å². The second-order valence-corrected chi connectivity index (χ2v) is 15.6. The van der Waals surface area contributed by atoms with Gasteiger partial charge in [-0.1, -0.05) is 54.1 Å². The quantitative estimate of drug-likeness (QED) is 0.0815. The number of imide groups is 2. The third-order valence-corrected chi connectivity index (χ3v) is 13.1. The highest BCUT2D eigenvalue weighted by molar-refractivity contribution is 6.58. The Morgan fingerprint density at radius 1 is 0.755 bits per heavy atom. The largest absolute Gasteiger partial charge is 0.508 e. The highest BCUT2D eigenvalue weighted by atomic mass is 35.5. The van der Waals surface area contributed by atoms with E-state index in [0.29, 0.717) is 38.0 Å². The number of nitrogens with zero attached hydrogens (tertiary/aromatic N) is 3. The number of anilines is 1. The molecule has 3 aliphatic heterocycles. The van der Waals surface area contributed by atoms with Crippen molar-refractivity contribution in [1.82, 2.24) is 9.80 Å². The number of hydrogen-bond acceptors (Lipinski definition) is 6. The number of allylic oxidation sites excluding steroid dienone is 2. The smallest absolute Gasteiger partial charge is 0.258 e. The molecule has 0 aromatic heterocycles. The molecule has 2 aliphatic carbocycles. The number of aromatic hydroxyl groups is 1. The Bertz CT molecular complexity index is 2090. The number of piperidine rings is 1. The van der Waals surface area contributed by atoms with Gasteiger partial charge in [-0.2, -0.15) is 0 Å². The molecule has 8 rings (SSSR count). The van der Waals surface area contributed by atoms with Gasteiger partial charge in [-0.25, -0.2) is 26.9 Å². The zero-order valence-electron chi connectivity index (χ0n) is 27.7. The molecule has 1 saturated carbocycles. The number of halogens is 7. The highest BCUT2D eigenvalue weighted by Gasteiger charge is 2.77. The molecule has 276 valence electrons. The monoisotopic (exact) mass is 773 g/mol. The van der Waals surface area contributed by atoms with Gasteiger partial charge < -0.3 is 5.11 Å². The minimum atomic E-state index is -2.62. The lowest BCUT2D eigenvalue weighted by Gasteiger charge is -2.50. The number of benzene rings is 3. The van der Waals surface area contributed by atoms with Gasteiger partial charge >= 0.3 is 0 Å². The van der Waals surface area contributed by atoms with Crippen LogP contribution in [0, 0.1) is 46.8 Å². The lowest BCUT2D eigenvalue weighted by Crippen LogP contribution is -2.60. The molecule has 3 saturated heterocycles. The summed E-state index contributed by atoms with van der Waals surface area (Å²) in [5.41, 5.74) is -0.142. The van der Waals surface area contributed by atoms with Crippen LogP contribution in [0.2, 0.25) is 0 Å². The van der Waals surface area contributed by atoms with E-state index in [1.165, 1.54) is 29.2 Å². The van der Waals surface area contributed by atoms with Gasteiger partial charge in [0.2, 0.25) is 17.6 Å². The van der Waals surface area contributed by atoms with E-state index in [1.807, 2.05) is 30.3 Å². The molecular weight excluding hydrogens is 744 g/mol. The topological polar surface area (TPSA) is 98.2 Å². The maximum absolute atomic E-state index is 15.2. The van der Waals surface area contributed by atoms with E-state index in [2.05, 4.69) is 4.90 Å². The summed E-state index contributed by atoms with van der Waals surface area (Å²) in [6, 6.07) is 14.8. The first-order valence-corrected chi connectivity index (χ1v) is 17.9. The Morgan fingerprint density at radius 3 is 1.98 bits per heavy atom. The Balaban J connectivity index is 1.17. The minimum absolute atomic E-state index is 0.0603. The number of carbonyl (C=O) groups is 4. The second-order valence-electron chi connectivity index (χ2n) is 14.3. The number of likely N-dealkylation sites (tertiary alicyclic amines) is 2. The zero-order valence-corrected chi connectivity index (χ0v) is 29.2. The van der Waals surface area contributed by atoms with Crippen molar-refractivity contribution in [2.45, 2.75) is 53.9 Å². The van der Waals surface area contributed by atoms with Gasteiger partial charge in [0.1, 0.15) is 11.4 Å². The first-order chi connectivity index (χ1) is 25.2. The predicted octanol–water partition coefficient (Wildman–Crippen LogP) is 6.32. The van der Waals surface area contributed by atoms with E-state index in [-0.39, 0.29) is 28.5 Å². The lowest BCUT2D eigenvalue weighted by molar-refractivity contribution is -0.144. The Hall–Kier alpha value is -4.33. The normalized spacial score (nSPS) is 30.4. The van der Waals surface area contributed by atoms with Crippen LogP contribution in [0.3, 0.4) is 0 Å². The number of alkyl halides is 2. The van der Waals surface area contributed by atoms with Crippen LogP contribution in [0.1, 0.15) is 42.7 Å². The second kappa shape index (κ2) is 12.6. The third kappa shape index (κ3) is 5.02. The molecule has 4 amide bonds. The standard InChI is InChI=1S/C38H30Cl2F5N3O5/c39-37-16-24-22(10-11-23-25(24)34(51)47(33(23)50)20-12-14-46(15-13-20)17-18-4-2-1-3-5-18)26(19-6-8-21(49)9-7-19)38(37,40)36(53)48(35(37)52)32-30(44)28(42)27(41)29(43)31(32)45/h1-10,20,23-26,49H,11-17H2. The van der Waals surface area contributed by atoms with E-state index in [0.717, 1.165) is 5.56 Å². The van der Waals surface area contributed by atoms with Crippen LogP contribution in [-0.4, -0.2) is 67.4 Å². The van der Waals surface area contributed by atoms with Crippen molar-refractivity contribution >= 4 is 52.5 Å². The van der Waals surface area contributed by atoms with E-state index < -0.39 is 98.4 Å². The van der Waals surface area contributed by atoms with E-state index in [1.54, 1.807) is 6.08 Å². The molecule has 3 heterocycles. The fraction of sp³-hybridized carbons (Fsp3) is 0.368. The summed E-state index contributed by atoms with van der Waals surface area (Å²) >= 11 is 14.3. The van der Waals surface area contributed by atoms with Crippen LogP contribution in [-0.2, 0) is 25.7 Å². The summed E-state index contributed by atoms with van der Waals surface area (Å²) in [6.07, 6.45) is 2.20. The number of fused-ring (bicyclic) bond motifs is 4. The van der Waals surface area contributed by atoms with Gasteiger partial charge in [0.25, 0.3) is 11.8 Å². The van der Waals surface area contributed by atoms with E-state index >= 15 is 8.78 Å².